The van der Waals surface area contributed by atoms with Gasteiger partial charge in [0.25, 0.3) is 5.91 Å². The molecule has 0 unspecified atom stereocenters. The van der Waals surface area contributed by atoms with Gasteiger partial charge >= 0.3 is 0 Å². The van der Waals surface area contributed by atoms with Gasteiger partial charge in [0.2, 0.25) is 10.0 Å². The maximum atomic E-state index is 13.0. The number of nitrogens with zero attached hydrogens (tertiary/aromatic N) is 1. The third kappa shape index (κ3) is 4.57. The fourth-order valence-electron chi connectivity index (χ4n) is 3.93. The fraction of sp³-hybridized carbons (Fsp3) is 0.292. The highest BCUT2D eigenvalue weighted by Gasteiger charge is 2.25. The Morgan fingerprint density at radius 2 is 1.74 bits per heavy atom. The van der Waals surface area contributed by atoms with E-state index in [4.69, 9.17) is 0 Å². The number of fused-ring (bicyclic) bond motifs is 1. The third-order valence-corrected chi connectivity index (χ3v) is 7.03. The number of carbonyl (C=O) groups excluding carboxylic acids is 1. The van der Waals surface area contributed by atoms with E-state index >= 15 is 0 Å². The quantitative estimate of drug-likeness (QED) is 0.575. The molecule has 1 amide bonds. The van der Waals surface area contributed by atoms with Gasteiger partial charge in [-0.1, -0.05) is 43.3 Å². The van der Waals surface area contributed by atoms with Gasteiger partial charge in [0.1, 0.15) is 4.90 Å². The van der Waals surface area contributed by atoms with Gasteiger partial charge in [0, 0.05) is 36.3 Å². The highest BCUT2D eigenvalue weighted by atomic mass is 32.2. The topological polar surface area (TPSA) is 78.5 Å². The second-order valence-corrected chi connectivity index (χ2v) is 9.49. The van der Waals surface area contributed by atoms with E-state index in [2.05, 4.69) is 14.9 Å². The van der Waals surface area contributed by atoms with Crippen LogP contribution >= 0.6 is 0 Å². The summed E-state index contributed by atoms with van der Waals surface area (Å²) in [4.78, 5) is 15.3. The van der Waals surface area contributed by atoms with E-state index in [0.717, 1.165) is 36.7 Å². The Labute approximate surface area is 183 Å². The third-order valence-electron chi connectivity index (χ3n) is 5.54. The Balaban J connectivity index is 1.69. The zero-order valence-electron chi connectivity index (χ0n) is 17.6. The van der Waals surface area contributed by atoms with Crippen molar-refractivity contribution in [3.05, 3.63) is 66.2 Å². The summed E-state index contributed by atoms with van der Waals surface area (Å²) in [6, 6.07) is 18.5. The van der Waals surface area contributed by atoms with Gasteiger partial charge in [-0.05, 0) is 48.9 Å². The molecule has 7 heteroatoms. The number of rotatable bonds is 7. The molecule has 3 aromatic rings. The number of amides is 1. The zero-order chi connectivity index (χ0) is 21.8. The molecule has 1 heterocycles. The van der Waals surface area contributed by atoms with Crippen LogP contribution in [0.5, 0.6) is 0 Å². The van der Waals surface area contributed by atoms with Gasteiger partial charge in [0.05, 0.1) is 5.69 Å². The lowest BCUT2D eigenvalue weighted by Gasteiger charge is -2.22. The largest absolute Gasteiger partial charge is 0.370 e. The lowest BCUT2D eigenvalue weighted by atomic mass is 10.1. The molecule has 1 fully saturated rings. The van der Waals surface area contributed by atoms with E-state index in [1.54, 1.807) is 12.1 Å². The number of hydrogen-bond acceptors (Lipinski definition) is 4. The molecule has 3 aromatic carbocycles. The van der Waals surface area contributed by atoms with Crippen molar-refractivity contribution in [1.82, 2.24) is 4.72 Å². The molecular formula is C24H27N3O3S. The SMILES string of the molecule is CCCNS(=O)(=O)c1cc(C(=O)Nc2cccc3ccccc23)ccc1N1CCCC1. The molecule has 0 radical (unpaired) electrons. The molecule has 4 rings (SSSR count). The first-order valence-electron chi connectivity index (χ1n) is 10.7. The monoisotopic (exact) mass is 437 g/mol. The molecule has 1 aliphatic rings. The maximum Gasteiger partial charge on any atom is 0.255 e. The Hall–Kier alpha value is -2.90. The van der Waals surface area contributed by atoms with Crippen molar-refractivity contribution in [2.45, 2.75) is 31.1 Å². The van der Waals surface area contributed by atoms with Crippen LogP contribution in [0.2, 0.25) is 0 Å². The summed E-state index contributed by atoms with van der Waals surface area (Å²) in [7, 11) is -3.73. The smallest absolute Gasteiger partial charge is 0.255 e. The Bertz CT molecular complexity index is 1200. The minimum Gasteiger partial charge on any atom is -0.370 e. The number of carbonyl (C=O) groups is 1. The molecule has 0 aliphatic carbocycles. The number of anilines is 2. The maximum absolute atomic E-state index is 13.0. The molecule has 6 nitrogen and oxygen atoms in total. The summed E-state index contributed by atoms with van der Waals surface area (Å²) in [6.45, 7) is 3.90. The first-order valence-corrected chi connectivity index (χ1v) is 12.2. The normalized spacial score (nSPS) is 14.2. The Morgan fingerprint density at radius 3 is 2.52 bits per heavy atom. The molecule has 0 saturated carbocycles. The second-order valence-electron chi connectivity index (χ2n) is 7.76. The van der Waals surface area contributed by atoms with Crippen molar-refractivity contribution in [2.24, 2.45) is 0 Å². The molecular weight excluding hydrogens is 410 g/mol. The summed E-state index contributed by atoms with van der Waals surface area (Å²) in [6.07, 6.45) is 2.76. The molecule has 162 valence electrons. The van der Waals surface area contributed by atoms with Gasteiger partial charge in [-0.2, -0.15) is 0 Å². The number of hydrogen-bond donors (Lipinski definition) is 2. The molecule has 0 bridgehead atoms. The average Bonchev–Trinajstić information content (AvgIpc) is 3.32. The lowest BCUT2D eigenvalue weighted by molar-refractivity contribution is 0.102. The van der Waals surface area contributed by atoms with Crippen LogP contribution < -0.4 is 14.9 Å². The van der Waals surface area contributed by atoms with Gasteiger partial charge in [-0.25, -0.2) is 13.1 Å². The Kier molecular flexibility index (Phi) is 6.25. The van der Waals surface area contributed by atoms with E-state index in [9.17, 15) is 13.2 Å². The van der Waals surface area contributed by atoms with Crippen LogP contribution in [0.15, 0.2) is 65.6 Å². The number of sulfonamides is 1. The van der Waals surface area contributed by atoms with Crippen LogP contribution in [0.3, 0.4) is 0 Å². The van der Waals surface area contributed by atoms with Crippen molar-refractivity contribution in [3.8, 4) is 0 Å². The minimum atomic E-state index is -3.73. The van der Waals surface area contributed by atoms with Crippen LogP contribution in [-0.4, -0.2) is 34.0 Å². The number of nitrogens with one attached hydrogen (secondary N) is 2. The molecule has 1 aliphatic heterocycles. The Morgan fingerprint density at radius 1 is 1.00 bits per heavy atom. The van der Waals surface area contributed by atoms with E-state index < -0.39 is 10.0 Å². The molecule has 0 spiro atoms. The second kappa shape index (κ2) is 9.08. The van der Waals surface area contributed by atoms with E-state index in [0.29, 0.717) is 29.9 Å². The molecule has 2 N–H and O–H groups in total. The van der Waals surface area contributed by atoms with Gasteiger partial charge in [-0.15, -0.1) is 0 Å². The van der Waals surface area contributed by atoms with Crippen LogP contribution in [-0.2, 0) is 10.0 Å². The van der Waals surface area contributed by atoms with Crippen molar-refractivity contribution < 1.29 is 13.2 Å². The summed E-state index contributed by atoms with van der Waals surface area (Å²) in [5.74, 6) is -0.337. The van der Waals surface area contributed by atoms with Crippen LogP contribution in [0.25, 0.3) is 10.8 Å². The summed E-state index contributed by atoms with van der Waals surface area (Å²) >= 11 is 0. The van der Waals surface area contributed by atoms with E-state index in [1.807, 2.05) is 49.4 Å². The van der Waals surface area contributed by atoms with Crippen LogP contribution in [0.1, 0.15) is 36.5 Å². The molecule has 0 aromatic heterocycles. The molecule has 0 atom stereocenters. The van der Waals surface area contributed by atoms with Crippen molar-refractivity contribution >= 4 is 38.1 Å². The zero-order valence-corrected chi connectivity index (χ0v) is 18.4. The van der Waals surface area contributed by atoms with Crippen molar-refractivity contribution in [2.75, 3.05) is 29.9 Å². The van der Waals surface area contributed by atoms with Gasteiger partial charge in [0.15, 0.2) is 0 Å². The lowest BCUT2D eigenvalue weighted by Crippen LogP contribution is -2.28. The van der Waals surface area contributed by atoms with Crippen LogP contribution in [0, 0.1) is 0 Å². The van der Waals surface area contributed by atoms with Crippen LogP contribution in [0.4, 0.5) is 11.4 Å². The average molecular weight is 438 g/mol. The fourth-order valence-corrected chi connectivity index (χ4v) is 5.32. The minimum absolute atomic E-state index is 0.161. The van der Waals surface area contributed by atoms with Crippen molar-refractivity contribution in [1.29, 1.82) is 0 Å². The molecule has 1 saturated heterocycles. The standard InChI is InChI=1S/C24H27N3O3S/c1-2-14-25-31(29,30)23-17-19(12-13-22(23)27-15-5-6-16-27)24(28)26-21-11-7-9-18-8-3-4-10-20(18)21/h3-4,7-13,17,25H,2,5-6,14-16H2,1H3,(H,26,28). The first kappa shape index (κ1) is 21.3. The van der Waals surface area contributed by atoms with E-state index in [-0.39, 0.29) is 10.8 Å². The summed E-state index contributed by atoms with van der Waals surface area (Å²) in [5.41, 5.74) is 1.66. The highest BCUT2D eigenvalue weighted by molar-refractivity contribution is 7.89. The summed E-state index contributed by atoms with van der Waals surface area (Å²) < 4.78 is 28.7. The van der Waals surface area contributed by atoms with Gasteiger partial charge < -0.3 is 10.2 Å². The predicted molar refractivity (Wildman–Crippen MR) is 125 cm³/mol. The van der Waals surface area contributed by atoms with E-state index in [1.165, 1.54) is 6.07 Å². The van der Waals surface area contributed by atoms with Gasteiger partial charge in [-0.3, -0.25) is 4.79 Å². The number of benzene rings is 3. The van der Waals surface area contributed by atoms with Crippen molar-refractivity contribution in [3.63, 3.8) is 0 Å². The molecule has 31 heavy (non-hydrogen) atoms. The predicted octanol–water partition coefficient (Wildman–Crippen LogP) is 4.38. The summed E-state index contributed by atoms with van der Waals surface area (Å²) in [5, 5.41) is 4.90. The first-order chi connectivity index (χ1) is 15.0. The highest BCUT2D eigenvalue weighted by Crippen LogP contribution is 2.30.